The number of H-pyrrole nitrogens is 1. The average Bonchev–Trinajstić information content (AvgIpc) is 2.22. The molecular formula is C9H9F3N2O4S. The molecule has 1 atom stereocenters. The lowest BCUT2D eigenvalue weighted by molar-refractivity contribution is -0.195. The number of thioether (sulfide) groups is 1. The molecule has 106 valence electrons. The molecule has 0 saturated carbocycles. The first kappa shape index (κ1) is 15.5. The van der Waals surface area contributed by atoms with Gasteiger partial charge in [0.15, 0.2) is 6.10 Å². The van der Waals surface area contributed by atoms with Gasteiger partial charge in [-0.25, -0.2) is 9.59 Å². The Bertz CT molecular complexity index is 543. The Morgan fingerprint density at radius 2 is 2.11 bits per heavy atom. The van der Waals surface area contributed by atoms with E-state index in [9.17, 15) is 22.8 Å². The molecule has 0 aliphatic carbocycles. The maximum atomic E-state index is 12.1. The largest absolute Gasteiger partial charge is 0.478 e. The number of aromatic amines is 1. The zero-order chi connectivity index (χ0) is 14.8. The van der Waals surface area contributed by atoms with Gasteiger partial charge in [-0.1, -0.05) is 0 Å². The summed E-state index contributed by atoms with van der Waals surface area (Å²) in [6, 6.07) is 0. The summed E-state index contributed by atoms with van der Waals surface area (Å²) in [5.41, 5.74) is -1.28. The number of carboxylic acid groups (broad SMARTS) is 1. The Balaban J connectivity index is 3.01. The molecule has 3 N–H and O–H groups in total. The summed E-state index contributed by atoms with van der Waals surface area (Å²) in [4.78, 5) is 27.4. The number of aliphatic hydroxyl groups is 1. The average molecular weight is 298 g/mol. The lowest BCUT2D eigenvalue weighted by atomic mass is 10.2. The van der Waals surface area contributed by atoms with Gasteiger partial charge in [-0.3, -0.25) is 0 Å². The van der Waals surface area contributed by atoms with Crippen molar-refractivity contribution in [3.05, 3.63) is 21.7 Å². The maximum Gasteiger partial charge on any atom is 0.415 e. The molecule has 0 aliphatic rings. The van der Waals surface area contributed by atoms with E-state index < -0.39 is 29.7 Å². The highest BCUT2D eigenvalue weighted by Crippen LogP contribution is 2.27. The van der Waals surface area contributed by atoms with E-state index in [2.05, 4.69) is 9.97 Å². The van der Waals surface area contributed by atoms with Crippen molar-refractivity contribution in [3.8, 4) is 0 Å². The molecule has 0 aliphatic heterocycles. The third-order valence-corrected chi connectivity index (χ3v) is 3.11. The molecule has 6 nitrogen and oxygen atoms in total. The molecule has 1 rings (SSSR count). The summed E-state index contributed by atoms with van der Waals surface area (Å²) in [6.07, 6.45) is -7.44. The van der Waals surface area contributed by atoms with Crippen LogP contribution >= 0.6 is 11.8 Å². The number of halogens is 3. The SMILES string of the molecule is Cc1[nH]c(=O)nc(SCC(O)C(F)(F)F)c1C(=O)O. The van der Waals surface area contributed by atoms with E-state index >= 15 is 0 Å². The van der Waals surface area contributed by atoms with Gasteiger partial charge < -0.3 is 15.2 Å². The van der Waals surface area contributed by atoms with Crippen molar-refractivity contribution in [2.24, 2.45) is 0 Å². The molecule has 0 radical (unpaired) electrons. The third-order valence-electron chi connectivity index (χ3n) is 2.06. The zero-order valence-electron chi connectivity index (χ0n) is 9.48. The molecule has 0 bridgehead atoms. The fourth-order valence-corrected chi connectivity index (χ4v) is 2.20. The highest BCUT2D eigenvalue weighted by Gasteiger charge is 2.38. The van der Waals surface area contributed by atoms with Crippen LogP contribution in [0, 0.1) is 6.92 Å². The summed E-state index contributed by atoms with van der Waals surface area (Å²) >= 11 is 0.357. The standard InChI is InChI=1S/C9H9F3N2O4S/c1-3-5(7(16)17)6(14-8(18)13-3)19-2-4(15)9(10,11)12/h4,15H,2H2,1H3,(H,16,17)(H,13,14,18). The highest BCUT2D eigenvalue weighted by molar-refractivity contribution is 7.99. The molecule has 19 heavy (non-hydrogen) atoms. The number of aliphatic hydroxyl groups excluding tert-OH is 1. The van der Waals surface area contributed by atoms with Crippen LogP contribution in [-0.2, 0) is 0 Å². The van der Waals surface area contributed by atoms with E-state index in [4.69, 9.17) is 10.2 Å². The van der Waals surface area contributed by atoms with E-state index in [0.717, 1.165) is 0 Å². The summed E-state index contributed by atoms with van der Waals surface area (Å²) in [5.74, 6) is -2.27. The van der Waals surface area contributed by atoms with Gasteiger partial charge in [0.1, 0.15) is 10.6 Å². The second kappa shape index (κ2) is 5.61. The van der Waals surface area contributed by atoms with Gasteiger partial charge in [-0.15, -0.1) is 11.8 Å². The van der Waals surface area contributed by atoms with Crippen LogP contribution in [0.25, 0.3) is 0 Å². The number of nitrogens with zero attached hydrogens (tertiary/aromatic N) is 1. The first-order valence-corrected chi connectivity index (χ1v) is 5.83. The van der Waals surface area contributed by atoms with Crippen LogP contribution in [0.2, 0.25) is 0 Å². The third kappa shape index (κ3) is 3.96. The fourth-order valence-electron chi connectivity index (χ4n) is 1.17. The summed E-state index contributed by atoms with van der Waals surface area (Å²) in [5, 5.41) is 17.3. The number of nitrogens with one attached hydrogen (secondary N) is 1. The van der Waals surface area contributed by atoms with Gasteiger partial charge in [0.25, 0.3) is 0 Å². The quantitative estimate of drug-likeness (QED) is 0.561. The van der Waals surface area contributed by atoms with Crippen LogP contribution in [0.1, 0.15) is 16.1 Å². The molecular weight excluding hydrogens is 289 g/mol. The normalized spacial score (nSPS) is 13.3. The van der Waals surface area contributed by atoms with Crippen LogP contribution in [-0.4, -0.2) is 44.2 Å². The van der Waals surface area contributed by atoms with Gasteiger partial charge in [-0.05, 0) is 6.92 Å². The molecule has 0 fully saturated rings. The first-order valence-electron chi connectivity index (χ1n) is 4.84. The van der Waals surface area contributed by atoms with Crippen molar-refractivity contribution >= 4 is 17.7 Å². The van der Waals surface area contributed by atoms with Crippen LogP contribution in [0.4, 0.5) is 13.2 Å². The van der Waals surface area contributed by atoms with E-state index in [-0.39, 0.29) is 16.3 Å². The lowest BCUT2D eigenvalue weighted by Gasteiger charge is -2.14. The number of aromatic carboxylic acids is 1. The Morgan fingerprint density at radius 1 is 1.53 bits per heavy atom. The second-order valence-electron chi connectivity index (χ2n) is 3.52. The predicted octanol–water partition coefficient (Wildman–Crippen LogP) is 0.792. The van der Waals surface area contributed by atoms with Crippen molar-refractivity contribution in [1.82, 2.24) is 9.97 Å². The molecule has 0 aromatic carbocycles. The Morgan fingerprint density at radius 3 is 2.58 bits per heavy atom. The molecule has 0 spiro atoms. The van der Waals surface area contributed by atoms with Gasteiger partial charge in [-0.2, -0.15) is 18.2 Å². The Kier molecular flexibility index (Phi) is 4.58. The molecule has 1 aromatic rings. The number of alkyl halides is 3. The van der Waals surface area contributed by atoms with Gasteiger partial charge >= 0.3 is 17.8 Å². The van der Waals surface area contributed by atoms with E-state index in [1.54, 1.807) is 0 Å². The van der Waals surface area contributed by atoms with Crippen LogP contribution in [0.3, 0.4) is 0 Å². The topological polar surface area (TPSA) is 103 Å². The minimum Gasteiger partial charge on any atom is -0.478 e. The number of aryl methyl sites for hydroxylation is 1. The molecule has 0 amide bonds. The molecule has 1 unspecified atom stereocenters. The van der Waals surface area contributed by atoms with Crippen molar-refractivity contribution in [2.45, 2.75) is 24.2 Å². The number of hydrogen-bond acceptors (Lipinski definition) is 5. The Hall–Kier alpha value is -1.55. The van der Waals surface area contributed by atoms with Crippen LogP contribution < -0.4 is 5.69 Å². The maximum absolute atomic E-state index is 12.1. The second-order valence-corrected chi connectivity index (χ2v) is 4.53. The zero-order valence-corrected chi connectivity index (χ0v) is 10.3. The number of carbonyl (C=O) groups is 1. The van der Waals surface area contributed by atoms with Gasteiger partial charge in [0, 0.05) is 11.4 Å². The molecule has 0 saturated heterocycles. The van der Waals surface area contributed by atoms with E-state index in [1.165, 1.54) is 6.92 Å². The number of rotatable bonds is 4. The van der Waals surface area contributed by atoms with Crippen LogP contribution in [0.5, 0.6) is 0 Å². The summed E-state index contributed by atoms with van der Waals surface area (Å²) in [6.45, 7) is 1.29. The van der Waals surface area contributed by atoms with E-state index in [0.29, 0.717) is 11.8 Å². The van der Waals surface area contributed by atoms with Crippen molar-refractivity contribution in [2.75, 3.05) is 5.75 Å². The number of carboxylic acids is 1. The fraction of sp³-hybridized carbons (Fsp3) is 0.444. The predicted molar refractivity (Wildman–Crippen MR) is 59.3 cm³/mol. The molecule has 1 heterocycles. The van der Waals surface area contributed by atoms with Crippen LogP contribution in [0.15, 0.2) is 9.82 Å². The Labute approximate surface area is 108 Å². The van der Waals surface area contributed by atoms with Crippen molar-refractivity contribution in [3.63, 3.8) is 0 Å². The van der Waals surface area contributed by atoms with Gasteiger partial charge in [0.05, 0.1) is 0 Å². The smallest absolute Gasteiger partial charge is 0.415 e. The highest BCUT2D eigenvalue weighted by atomic mass is 32.2. The summed E-state index contributed by atoms with van der Waals surface area (Å²) < 4.78 is 36.3. The lowest BCUT2D eigenvalue weighted by Crippen LogP contribution is -2.31. The molecule has 10 heteroatoms. The number of aromatic nitrogens is 2. The summed E-state index contributed by atoms with van der Waals surface area (Å²) in [7, 11) is 0. The minimum absolute atomic E-state index is 0.0171. The first-order chi connectivity index (χ1) is 8.62. The molecule has 1 aromatic heterocycles. The van der Waals surface area contributed by atoms with Crippen molar-refractivity contribution in [1.29, 1.82) is 0 Å². The minimum atomic E-state index is -4.81. The van der Waals surface area contributed by atoms with E-state index in [1.807, 2.05) is 0 Å². The van der Waals surface area contributed by atoms with Crippen molar-refractivity contribution < 1.29 is 28.2 Å². The number of hydrogen-bond donors (Lipinski definition) is 3. The monoisotopic (exact) mass is 298 g/mol. The van der Waals surface area contributed by atoms with Gasteiger partial charge in [0.2, 0.25) is 0 Å².